The molecule has 0 atom stereocenters. The van der Waals surface area contributed by atoms with E-state index in [0.29, 0.717) is 0 Å². The van der Waals surface area contributed by atoms with Gasteiger partial charge in [0.2, 0.25) is 0 Å². The first-order valence-electron chi connectivity index (χ1n) is 13.2. The second-order valence-corrected chi connectivity index (χ2v) is 9.71. The van der Waals surface area contributed by atoms with E-state index in [4.69, 9.17) is 9.97 Å². The number of aromatic nitrogens is 2. The van der Waals surface area contributed by atoms with Gasteiger partial charge in [-0.25, -0.2) is 9.97 Å². The first-order chi connectivity index (χ1) is 18.1. The van der Waals surface area contributed by atoms with Gasteiger partial charge in [0.15, 0.2) is 5.82 Å². The van der Waals surface area contributed by atoms with Crippen molar-refractivity contribution in [3.05, 3.63) is 125 Å². The molecule has 5 rings (SSSR count). The summed E-state index contributed by atoms with van der Waals surface area (Å²) in [7, 11) is 0. The van der Waals surface area contributed by atoms with Crippen LogP contribution in [0.15, 0.2) is 102 Å². The zero-order chi connectivity index (χ0) is 25.8. The summed E-state index contributed by atoms with van der Waals surface area (Å²) in [5.41, 5.74) is 13.2. The van der Waals surface area contributed by atoms with E-state index in [2.05, 4.69) is 125 Å². The lowest BCUT2D eigenvalue weighted by molar-refractivity contribution is 0.868. The summed E-state index contributed by atoms with van der Waals surface area (Å²) >= 11 is 0. The van der Waals surface area contributed by atoms with Crippen LogP contribution in [0.3, 0.4) is 0 Å². The summed E-state index contributed by atoms with van der Waals surface area (Å²) in [4.78, 5) is 10.4. The molecule has 0 aliphatic heterocycles. The predicted octanol–water partition coefficient (Wildman–Crippen LogP) is 9.34. The SMILES string of the molecule is C/C=C\C=C(/CC)C1=Cc2c(nc(-c3cccc(-c4ccccc4)c3)nc2-c2c(C)cccc2C)CC1. The standard InChI is InChI=1S/C35H34N2/c1-5-7-15-26(6-2)29-20-21-32-31(23-29)34(33-24(3)13-11-14-25(33)4)37-35(36-32)30-19-12-18-28(22-30)27-16-9-8-10-17-27/h5,7-19,22-23H,6,20-21H2,1-4H3/b7-5-,26-15+. The smallest absolute Gasteiger partial charge is 0.160 e. The van der Waals surface area contributed by atoms with Crippen molar-refractivity contribution in [2.24, 2.45) is 0 Å². The van der Waals surface area contributed by atoms with E-state index in [9.17, 15) is 0 Å². The summed E-state index contributed by atoms with van der Waals surface area (Å²) in [5, 5.41) is 0. The normalized spacial score (nSPS) is 13.5. The molecule has 0 unspecified atom stereocenters. The Kier molecular flexibility index (Phi) is 7.28. The molecule has 0 radical (unpaired) electrons. The molecule has 1 aliphatic carbocycles. The van der Waals surface area contributed by atoms with Crippen LogP contribution in [0.25, 0.3) is 39.8 Å². The van der Waals surface area contributed by atoms with Crippen molar-refractivity contribution >= 4 is 6.08 Å². The third-order valence-corrected chi connectivity index (χ3v) is 7.20. The van der Waals surface area contributed by atoms with Gasteiger partial charge in [-0.15, -0.1) is 0 Å². The quantitative estimate of drug-likeness (QED) is 0.256. The van der Waals surface area contributed by atoms with Gasteiger partial charge >= 0.3 is 0 Å². The second kappa shape index (κ2) is 10.9. The van der Waals surface area contributed by atoms with Gasteiger partial charge in [0.05, 0.1) is 11.4 Å². The Morgan fingerprint density at radius 3 is 2.24 bits per heavy atom. The molecule has 184 valence electrons. The lowest BCUT2D eigenvalue weighted by atomic mass is 9.86. The molecule has 0 amide bonds. The number of rotatable bonds is 6. The zero-order valence-corrected chi connectivity index (χ0v) is 22.3. The van der Waals surface area contributed by atoms with E-state index >= 15 is 0 Å². The topological polar surface area (TPSA) is 25.8 Å². The average molecular weight is 483 g/mol. The highest BCUT2D eigenvalue weighted by Gasteiger charge is 2.22. The van der Waals surface area contributed by atoms with Crippen molar-refractivity contribution in [2.75, 3.05) is 0 Å². The number of benzene rings is 3. The fraction of sp³-hybridized carbons (Fsp3) is 0.200. The van der Waals surface area contributed by atoms with Gasteiger partial charge in [0.1, 0.15) is 0 Å². The summed E-state index contributed by atoms with van der Waals surface area (Å²) in [5.74, 6) is 0.797. The largest absolute Gasteiger partial charge is 0.232 e. The van der Waals surface area contributed by atoms with Crippen LogP contribution in [-0.2, 0) is 6.42 Å². The minimum absolute atomic E-state index is 0.797. The van der Waals surface area contributed by atoms with Gasteiger partial charge < -0.3 is 0 Å². The van der Waals surface area contributed by atoms with Crippen molar-refractivity contribution in [2.45, 2.75) is 47.0 Å². The van der Waals surface area contributed by atoms with Crippen LogP contribution in [0.4, 0.5) is 0 Å². The molecule has 0 fully saturated rings. The van der Waals surface area contributed by atoms with Gasteiger partial charge in [0.25, 0.3) is 0 Å². The van der Waals surface area contributed by atoms with E-state index in [1.165, 1.54) is 44.5 Å². The van der Waals surface area contributed by atoms with E-state index in [1.807, 2.05) is 0 Å². The molecular weight excluding hydrogens is 448 g/mol. The minimum Gasteiger partial charge on any atom is -0.232 e. The molecular formula is C35H34N2. The van der Waals surface area contributed by atoms with Crippen molar-refractivity contribution < 1.29 is 0 Å². The monoisotopic (exact) mass is 482 g/mol. The molecule has 0 saturated carbocycles. The average Bonchev–Trinajstić information content (AvgIpc) is 2.94. The Balaban J connectivity index is 1.71. The molecule has 4 aromatic rings. The molecule has 0 spiro atoms. The number of nitrogens with zero attached hydrogens (tertiary/aromatic N) is 2. The molecule has 37 heavy (non-hydrogen) atoms. The van der Waals surface area contributed by atoms with Gasteiger partial charge in [-0.2, -0.15) is 0 Å². The van der Waals surface area contributed by atoms with Crippen molar-refractivity contribution in [3.63, 3.8) is 0 Å². The van der Waals surface area contributed by atoms with Crippen LogP contribution in [0, 0.1) is 13.8 Å². The Morgan fingerprint density at radius 1 is 0.811 bits per heavy atom. The molecule has 3 aromatic carbocycles. The number of hydrogen-bond acceptors (Lipinski definition) is 2. The lowest BCUT2D eigenvalue weighted by Gasteiger charge is -2.22. The van der Waals surface area contributed by atoms with Crippen LogP contribution in [0.5, 0.6) is 0 Å². The van der Waals surface area contributed by atoms with Gasteiger partial charge in [0, 0.05) is 16.7 Å². The van der Waals surface area contributed by atoms with E-state index < -0.39 is 0 Å². The molecule has 2 heteroatoms. The fourth-order valence-corrected chi connectivity index (χ4v) is 5.25. The maximum atomic E-state index is 5.28. The summed E-state index contributed by atoms with van der Waals surface area (Å²) < 4.78 is 0. The number of aryl methyl sites for hydroxylation is 3. The Labute approximate surface area is 221 Å². The van der Waals surface area contributed by atoms with Crippen molar-refractivity contribution in [3.8, 4) is 33.8 Å². The van der Waals surface area contributed by atoms with Crippen LogP contribution < -0.4 is 0 Å². The third-order valence-electron chi connectivity index (χ3n) is 7.20. The summed E-state index contributed by atoms with van der Waals surface area (Å²) in [6.07, 6.45) is 11.8. The van der Waals surface area contributed by atoms with Crippen LogP contribution in [0.1, 0.15) is 49.1 Å². The number of fused-ring (bicyclic) bond motifs is 1. The van der Waals surface area contributed by atoms with Crippen LogP contribution >= 0.6 is 0 Å². The molecule has 0 saturated heterocycles. The predicted molar refractivity (Wildman–Crippen MR) is 157 cm³/mol. The second-order valence-electron chi connectivity index (χ2n) is 9.71. The molecule has 1 aromatic heterocycles. The highest BCUT2D eigenvalue weighted by atomic mass is 14.9. The molecule has 1 aliphatic rings. The Bertz CT molecular complexity index is 1500. The van der Waals surface area contributed by atoms with E-state index in [0.717, 1.165) is 42.0 Å². The van der Waals surface area contributed by atoms with Crippen molar-refractivity contribution in [1.29, 1.82) is 0 Å². The number of hydrogen-bond donors (Lipinski definition) is 0. The zero-order valence-electron chi connectivity index (χ0n) is 22.3. The lowest BCUT2D eigenvalue weighted by Crippen LogP contribution is -2.09. The molecule has 0 bridgehead atoms. The fourth-order valence-electron chi connectivity index (χ4n) is 5.25. The van der Waals surface area contributed by atoms with Crippen LogP contribution in [-0.4, -0.2) is 9.97 Å². The van der Waals surface area contributed by atoms with Gasteiger partial charge in [-0.1, -0.05) is 91.9 Å². The highest BCUT2D eigenvalue weighted by Crippen LogP contribution is 2.38. The van der Waals surface area contributed by atoms with Crippen molar-refractivity contribution in [1.82, 2.24) is 9.97 Å². The Morgan fingerprint density at radius 2 is 1.51 bits per heavy atom. The first kappa shape index (κ1) is 24.6. The molecule has 1 heterocycles. The van der Waals surface area contributed by atoms with E-state index in [1.54, 1.807) is 0 Å². The van der Waals surface area contributed by atoms with Gasteiger partial charge in [-0.3, -0.25) is 0 Å². The summed E-state index contributed by atoms with van der Waals surface area (Å²) in [6.45, 7) is 8.67. The maximum absolute atomic E-state index is 5.28. The minimum atomic E-state index is 0.797. The van der Waals surface area contributed by atoms with E-state index in [-0.39, 0.29) is 0 Å². The Hall–Kier alpha value is -4.04. The molecule has 0 N–H and O–H groups in total. The van der Waals surface area contributed by atoms with Crippen LogP contribution in [0.2, 0.25) is 0 Å². The first-order valence-corrected chi connectivity index (χ1v) is 13.2. The number of allylic oxidation sites excluding steroid dienone is 5. The maximum Gasteiger partial charge on any atom is 0.160 e. The molecule has 2 nitrogen and oxygen atoms in total. The highest BCUT2D eigenvalue weighted by molar-refractivity contribution is 5.82. The third kappa shape index (κ3) is 5.11. The van der Waals surface area contributed by atoms with Gasteiger partial charge in [-0.05, 0) is 85.6 Å². The summed E-state index contributed by atoms with van der Waals surface area (Å²) in [6, 6.07) is 25.6.